The van der Waals surface area contributed by atoms with Gasteiger partial charge in [0.05, 0.1) is 5.69 Å². The zero-order valence-electron chi connectivity index (χ0n) is 11.7. The highest BCUT2D eigenvalue weighted by Gasteiger charge is 2.20. The molecule has 0 amide bonds. The summed E-state index contributed by atoms with van der Waals surface area (Å²) in [6.45, 7) is 2.80. The first-order valence-electron chi connectivity index (χ1n) is 7.18. The number of nitrogens with zero attached hydrogens (tertiary/aromatic N) is 4. The fraction of sp³-hybridized carbons (Fsp3) is 0.400. The molecule has 21 heavy (non-hydrogen) atoms. The highest BCUT2D eigenvalue weighted by Crippen LogP contribution is 2.15. The summed E-state index contributed by atoms with van der Waals surface area (Å²) < 4.78 is 0.887. The van der Waals surface area contributed by atoms with Crippen LogP contribution in [0.1, 0.15) is 18.5 Å². The van der Waals surface area contributed by atoms with Gasteiger partial charge in [0.1, 0.15) is 4.60 Å². The first kappa shape index (κ1) is 14.4. The van der Waals surface area contributed by atoms with E-state index in [-0.39, 0.29) is 0 Å². The molecule has 0 aliphatic carbocycles. The van der Waals surface area contributed by atoms with Crippen molar-refractivity contribution >= 4 is 21.9 Å². The molecule has 3 rings (SSSR count). The summed E-state index contributed by atoms with van der Waals surface area (Å²) in [6, 6.07) is 8.39. The predicted octanol–water partition coefficient (Wildman–Crippen LogP) is 2.39. The first-order valence-corrected chi connectivity index (χ1v) is 7.97. The summed E-state index contributed by atoms with van der Waals surface area (Å²) in [5, 5.41) is 3.59. The third-order valence-electron chi connectivity index (χ3n) is 3.67. The van der Waals surface area contributed by atoms with E-state index in [0.29, 0.717) is 6.04 Å². The molecule has 1 aliphatic rings. The monoisotopic (exact) mass is 347 g/mol. The minimum Gasteiger partial charge on any atom is -0.341 e. The number of rotatable bonds is 4. The number of hydrogen-bond acceptors (Lipinski definition) is 5. The second-order valence-corrected chi connectivity index (χ2v) is 5.96. The maximum absolute atomic E-state index is 4.44. The van der Waals surface area contributed by atoms with Crippen LogP contribution in [-0.4, -0.2) is 34.1 Å². The van der Waals surface area contributed by atoms with Crippen LogP contribution in [0.5, 0.6) is 0 Å². The Labute approximate surface area is 133 Å². The Kier molecular flexibility index (Phi) is 4.77. The van der Waals surface area contributed by atoms with Gasteiger partial charge in [0.15, 0.2) is 0 Å². The van der Waals surface area contributed by atoms with Gasteiger partial charge in [0, 0.05) is 38.1 Å². The molecule has 0 bridgehead atoms. The smallest absolute Gasteiger partial charge is 0.225 e. The Bertz CT molecular complexity index is 569. The molecule has 0 saturated carbocycles. The van der Waals surface area contributed by atoms with E-state index in [1.807, 2.05) is 24.3 Å². The fourth-order valence-electron chi connectivity index (χ4n) is 2.54. The summed E-state index contributed by atoms with van der Waals surface area (Å²) in [7, 11) is 0. The van der Waals surface area contributed by atoms with Gasteiger partial charge in [-0.15, -0.1) is 0 Å². The van der Waals surface area contributed by atoms with Crippen LogP contribution >= 0.6 is 15.9 Å². The van der Waals surface area contributed by atoms with Gasteiger partial charge >= 0.3 is 0 Å². The number of piperidine rings is 1. The molecular formula is C15H18BrN5. The molecule has 0 aromatic carbocycles. The molecule has 5 nitrogen and oxygen atoms in total. The predicted molar refractivity (Wildman–Crippen MR) is 86.0 cm³/mol. The summed E-state index contributed by atoms with van der Waals surface area (Å²) in [5.74, 6) is 0.838. The van der Waals surface area contributed by atoms with Crippen LogP contribution < -0.4 is 10.2 Å². The Morgan fingerprint density at radius 1 is 1.14 bits per heavy atom. The fourth-order valence-corrected chi connectivity index (χ4v) is 2.92. The molecule has 6 heteroatoms. The van der Waals surface area contributed by atoms with Crippen LogP contribution in [0, 0.1) is 0 Å². The van der Waals surface area contributed by atoms with Gasteiger partial charge in [-0.2, -0.15) is 0 Å². The summed E-state index contributed by atoms with van der Waals surface area (Å²) in [5.41, 5.74) is 1.07. The molecule has 0 spiro atoms. The van der Waals surface area contributed by atoms with Crippen LogP contribution in [-0.2, 0) is 6.54 Å². The number of halogens is 1. The van der Waals surface area contributed by atoms with E-state index < -0.39 is 0 Å². The van der Waals surface area contributed by atoms with Crippen molar-refractivity contribution < 1.29 is 0 Å². The third kappa shape index (κ3) is 3.98. The number of hydrogen-bond donors (Lipinski definition) is 1. The Morgan fingerprint density at radius 2 is 1.90 bits per heavy atom. The van der Waals surface area contributed by atoms with Crippen LogP contribution in [0.15, 0.2) is 41.3 Å². The largest absolute Gasteiger partial charge is 0.341 e. The van der Waals surface area contributed by atoms with Gasteiger partial charge in [-0.05, 0) is 47.0 Å². The molecule has 110 valence electrons. The number of aromatic nitrogens is 3. The molecular weight excluding hydrogens is 330 g/mol. The number of anilines is 1. The van der Waals surface area contributed by atoms with Crippen molar-refractivity contribution in [2.45, 2.75) is 25.4 Å². The second kappa shape index (κ2) is 6.95. The summed E-state index contributed by atoms with van der Waals surface area (Å²) in [6.07, 6.45) is 5.80. The molecule has 2 aromatic heterocycles. The van der Waals surface area contributed by atoms with E-state index in [4.69, 9.17) is 0 Å². The van der Waals surface area contributed by atoms with Gasteiger partial charge in [-0.1, -0.05) is 6.07 Å². The molecule has 1 saturated heterocycles. The highest BCUT2D eigenvalue weighted by molar-refractivity contribution is 9.10. The normalized spacial score (nSPS) is 16.1. The van der Waals surface area contributed by atoms with Gasteiger partial charge in [-0.25, -0.2) is 15.0 Å². The summed E-state index contributed by atoms with van der Waals surface area (Å²) >= 11 is 3.40. The minimum absolute atomic E-state index is 0.533. The van der Waals surface area contributed by atoms with E-state index in [1.165, 1.54) is 0 Å². The van der Waals surface area contributed by atoms with Crippen LogP contribution in [0.3, 0.4) is 0 Å². The highest BCUT2D eigenvalue weighted by atomic mass is 79.9. The first-order chi connectivity index (χ1) is 10.3. The molecule has 2 aromatic rings. The van der Waals surface area contributed by atoms with Crippen molar-refractivity contribution in [3.05, 3.63) is 47.0 Å². The topological polar surface area (TPSA) is 53.9 Å². The number of nitrogens with one attached hydrogen (secondary N) is 1. The zero-order chi connectivity index (χ0) is 14.5. The second-order valence-electron chi connectivity index (χ2n) is 5.14. The lowest BCUT2D eigenvalue weighted by Gasteiger charge is -2.32. The van der Waals surface area contributed by atoms with Crippen molar-refractivity contribution in [1.82, 2.24) is 20.3 Å². The maximum atomic E-state index is 4.44. The van der Waals surface area contributed by atoms with Crippen LogP contribution in [0.2, 0.25) is 0 Å². The molecule has 1 aliphatic heterocycles. The Balaban J connectivity index is 1.48. The molecule has 1 fully saturated rings. The Hall–Kier alpha value is -1.53. The third-order valence-corrected chi connectivity index (χ3v) is 4.12. The molecule has 0 radical (unpaired) electrons. The van der Waals surface area contributed by atoms with E-state index in [1.54, 1.807) is 12.4 Å². The van der Waals surface area contributed by atoms with Crippen molar-refractivity contribution in [2.75, 3.05) is 18.0 Å². The standard InChI is InChI=1S/C15H18BrN5/c16-14-4-1-3-13(20-14)11-19-12-5-9-21(10-6-12)15-17-7-2-8-18-15/h1-4,7-8,12,19H,5-6,9-11H2. The van der Waals surface area contributed by atoms with Gasteiger partial charge in [0.2, 0.25) is 5.95 Å². The molecule has 0 atom stereocenters. The van der Waals surface area contributed by atoms with Crippen molar-refractivity contribution in [3.63, 3.8) is 0 Å². The zero-order valence-corrected chi connectivity index (χ0v) is 13.3. The summed E-state index contributed by atoms with van der Waals surface area (Å²) in [4.78, 5) is 15.3. The minimum atomic E-state index is 0.533. The molecule has 3 heterocycles. The van der Waals surface area contributed by atoms with Crippen LogP contribution in [0.4, 0.5) is 5.95 Å². The van der Waals surface area contributed by atoms with Crippen LogP contribution in [0.25, 0.3) is 0 Å². The van der Waals surface area contributed by atoms with Gasteiger partial charge in [0.25, 0.3) is 0 Å². The quantitative estimate of drug-likeness (QED) is 0.860. The maximum Gasteiger partial charge on any atom is 0.225 e. The van der Waals surface area contributed by atoms with Crippen molar-refractivity contribution in [2.24, 2.45) is 0 Å². The van der Waals surface area contributed by atoms with E-state index in [2.05, 4.69) is 41.1 Å². The van der Waals surface area contributed by atoms with E-state index >= 15 is 0 Å². The lowest BCUT2D eigenvalue weighted by molar-refractivity contribution is 0.409. The van der Waals surface area contributed by atoms with Crippen molar-refractivity contribution in [1.29, 1.82) is 0 Å². The van der Waals surface area contributed by atoms with Gasteiger partial charge in [-0.3, -0.25) is 0 Å². The molecule has 0 unspecified atom stereocenters. The van der Waals surface area contributed by atoms with E-state index in [9.17, 15) is 0 Å². The average molecular weight is 348 g/mol. The Morgan fingerprint density at radius 3 is 2.62 bits per heavy atom. The SMILES string of the molecule is Brc1cccc(CNC2CCN(c3ncccn3)CC2)n1. The average Bonchev–Trinajstić information content (AvgIpc) is 2.54. The van der Waals surface area contributed by atoms with Gasteiger partial charge < -0.3 is 10.2 Å². The van der Waals surface area contributed by atoms with Crippen molar-refractivity contribution in [3.8, 4) is 0 Å². The number of pyridine rings is 1. The lowest BCUT2D eigenvalue weighted by atomic mass is 10.1. The molecule has 1 N–H and O–H groups in total. The van der Waals surface area contributed by atoms with E-state index in [0.717, 1.165) is 48.7 Å². The lowest BCUT2D eigenvalue weighted by Crippen LogP contribution is -2.43.